The maximum atomic E-state index is 11.8. The topological polar surface area (TPSA) is 26.3 Å². The van der Waals surface area contributed by atoms with Crippen LogP contribution in [0.25, 0.3) is 0 Å². The summed E-state index contributed by atoms with van der Waals surface area (Å²) in [6, 6.07) is 0. The Hall–Kier alpha value is -0.790. The molecule has 1 fully saturated rings. The molecule has 1 unspecified atom stereocenters. The van der Waals surface area contributed by atoms with Gasteiger partial charge >= 0.3 is 5.97 Å². The van der Waals surface area contributed by atoms with Crippen LogP contribution in [0.15, 0.2) is 11.1 Å². The average molecular weight is 224 g/mol. The van der Waals surface area contributed by atoms with Gasteiger partial charge in [0.05, 0.1) is 6.61 Å². The van der Waals surface area contributed by atoms with Gasteiger partial charge in [0.15, 0.2) is 0 Å². The molecule has 1 rings (SSSR count). The summed E-state index contributed by atoms with van der Waals surface area (Å²) in [5.41, 5.74) is 2.28. The molecule has 92 valence electrons. The Morgan fingerprint density at radius 2 is 2.12 bits per heavy atom. The van der Waals surface area contributed by atoms with Gasteiger partial charge in [0.25, 0.3) is 0 Å². The molecule has 0 amide bonds. The molecule has 2 heteroatoms. The molecule has 1 atom stereocenters. The number of rotatable bonds is 2. The van der Waals surface area contributed by atoms with Crippen molar-refractivity contribution in [3.63, 3.8) is 0 Å². The fourth-order valence-electron chi connectivity index (χ4n) is 3.02. The third kappa shape index (κ3) is 2.66. The van der Waals surface area contributed by atoms with Gasteiger partial charge < -0.3 is 4.74 Å². The minimum atomic E-state index is -0.140. The second-order valence-electron chi connectivity index (χ2n) is 5.44. The summed E-state index contributed by atoms with van der Waals surface area (Å²) in [6.07, 6.45) is 3.62. The van der Waals surface area contributed by atoms with Crippen LogP contribution in [0.2, 0.25) is 0 Å². The van der Waals surface area contributed by atoms with Crippen molar-refractivity contribution in [3.8, 4) is 0 Å². The standard InChI is InChI=1S/C14H24O2/c1-6-16-13(15)11(3)12-10(2)8-7-9-14(12,4)5/h10H,6-9H2,1-5H3/b12-11-. The molecule has 1 saturated carbocycles. The van der Waals surface area contributed by atoms with Crippen molar-refractivity contribution >= 4 is 5.97 Å². The molecule has 0 heterocycles. The summed E-state index contributed by atoms with van der Waals surface area (Å²) in [4.78, 5) is 11.8. The predicted octanol–water partition coefficient (Wildman–Crippen LogP) is 3.71. The highest BCUT2D eigenvalue weighted by molar-refractivity contribution is 5.89. The first kappa shape index (κ1) is 13.3. The number of hydrogen-bond acceptors (Lipinski definition) is 2. The van der Waals surface area contributed by atoms with Crippen LogP contribution in [0.3, 0.4) is 0 Å². The van der Waals surface area contributed by atoms with Crippen LogP contribution in [-0.4, -0.2) is 12.6 Å². The van der Waals surface area contributed by atoms with Crippen molar-refractivity contribution in [1.29, 1.82) is 0 Å². The van der Waals surface area contributed by atoms with E-state index in [1.807, 2.05) is 13.8 Å². The summed E-state index contributed by atoms with van der Waals surface area (Å²) in [6.45, 7) is 10.9. The van der Waals surface area contributed by atoms with E-state index in [1.54, 1.807) is 0 Å². The SMILES string of the molecule is CCOC(=O)/C(C)=C1/C(C)CCCC1(C)C. The van der Waals surface area contributed by atoms with Crippen LogP contribution in [-0.2, 0) is 9.53 Å². The average Bonchev–Trinajstić information content (AvgIpc) is 2.16. The first-order valence-electron chi connectivity index (χ1n) is 6.28. The van der Waals surface area contributed by atoms with Crippen LogP contribution in [0.4, 0.5) is 0 Å². The lowest BCUT2D eigenvalue weighted by Gasteiger charge is -2.38. The van der Waals surface area contributed by atoms with Crippen LogP contribution in [0.1, 0.15) is 53.9 Å². The molecule has 0 saturated heterocycles. The van der Waals surface area contributed by atoms with Crippen LogP contribution in [0, 0.1) is 11.3 Å². The number of carbonyl (C=O) groups is 1. The van der Waals surface area contributed by atoms with E-state index in [1.165, 1.54) is 24.8 Å². The van der Waals surface area contributed by atoms with E-state index >= 15 is 0 Å². The van der Waals surface area contributed by atoms with Crippen molar-refractivity contribution in [2.24, 2.45) is 11.3 Å². The van der Waals surface area contributed by atoms with Crippen molar-refractivity contribution in [3.05, 3.63) is 11.1 Å². The molecule has 0 N–H and O–H groups in total. The number of hydrogen-bond donors (Lipinski definition) is 0. The zero-order chi connectivity index (χ0) is 12.3. The first-order valence-corrected chi connectivity index (χ1v) is 6.28. The van der Waals surface area contributed by atoms with Gasteiger partial charge in [0.2, 0.25) is 0 Å². The predicted molar refractivity (Wildman–Crippen MR) is 66.1 cm³/mol. The Morgan fingerprint density at radius 1 is 1.50 bits per heavy atom. The molecule has 1 aliphatic carbocycles. The highest BCUT2D eigenvalue weighted by Gasteiger charge is 2.34. The Balaban J connectivity index is 3.04. The highest BCUT2D eigenvalue weighted by Crippen LogP contribution is 2.45. The van der Waals surface area contributed by atoms with Crippen LogP contribution in [0.5, 0.6) is 0 Å². The Morgan fingerprint density at radius 3 is 2.62 bits per heavy atom. The van der Waals surface area contributed by atoms with E-state index in [0.29, 0.717) is 12.5 Å². The summed E-state index contributed by atoms with van der Waals surface area (Å²) in [5.74, 6) is 0.368. The Kier molecular flexibility index (Phi) is 4.17. The second-order valence-corrected chi connectivity index (χ2v) is 5.44. The van der Waals surface area contributed by atoms with Crippen LogP contribution >= 0.6 is 0 Å². The molecule has 16 heavy (non-hydrogen) atoms. The third-order valence-corrected chi connectivity index (χ3v) is 3.65. The van der Waals surface area contributed by atoms with Gasteiger partial charge in [-0.2, -0.15) is 0 Å². The fourth-order valence-corrected chi connectivity index (χ4v) is 3.02. The van der Waals surface area contributed by atoms with Gasteiger partial charge in [-0.25, -0.2) is 4.79 Å². The molecule has 0 aromatic rings. The lowest BCUT2D eigenvalue weighted by molar-refractivity contribution is -0.138. The lowest BCUT2D eigenvalue weighted by Crippen LogP contribution is -2.28. The van der Waals surface area contributed by atoms with Gasteiger partial charge in [-0.05, 0) is 38.0 Å². The van der Waals surface area contributed by atoms with E-state index in [0.717, 1.165) is 5.57 Å². The molecule has 0 radical (unpaired) electrons. The molecule has 2 nitrogen and oxygen atoms in total. The summed E-state index contributed by atoms with van der Waals surface area (Å²) in [5, 5.41) is 0. The minimum Gasteiger partial charge on any atom is -0.463 e. The van der Waals surface area contributed by atoms with E-state index in [4.69, 9.17) is 4.74 Å². The quantitative estimate of drug-likeness (QED) is 0.528. The smallest absolute Gasteiger partial charge is 0.333 e. The number of ether oxygens (including phenoxy) is 1. The maximum absolute atomic E-state index is 11.8. The largest absolute Gasteiger partial charge is 0.463 e. The third-order valence-electron chi connectivity index (χ3n) is 3.65. The second kappa shape index (κ2) is 5.03. The molecule has 1 aliphatic rings. The Labute approximate surface area is 99.1 Å². The molecule has 0 spiro atoms. The first-order chi connectivity index (χ1) is 7.40. The highest BCUT2D eigenvalue weighted by atomic mass is 16.5. The molecular weight excluding hydrogens is 200 g/mol. The van der Waals surface area contributed by atoms with E-state index in [-0.39, 0.29) is 11.4 Å². The van der Waals surface area contributed by atoms with Gasteiger partial charge in [0.1, 0.15) is 0 Å². The van der Waals surface area contributed by atoms with Gasteiger partial charge in [-0.3, -0.25) is 0 Å². The fraction of sp³-hybridized carbons (Fsp3) is 0.786. The molecular formula is C14H24O2. The molecule has 0 bridgehead atoms. The molecule has 0 aliphatic heterocycles. The van der Waals surface area contributed by atoms with E-state index < -0.39 is 0 Å². The molecule has 0 aromatic heterocycles. The van der Waals surface area contributed by atoms with Crippen molar-refractivity contribution < 1.29 is 9.53 Å². The minimum absolute atomic E-state index is 0.140. The van der Waals surface area contributed by atoms with Gasteiger partial charge in [-0.15, -0.1) is 0 Å². The summed E-state index contributed by atoms with van der Waals surface area (Å²) >= 11 is 0. The van der Waals surface area contributed by atoms with Crippen LogP contribution < -0.4 is 0 Å². The number of esters is 1. The zero-order valence-electron chi connectivity index (χ0n) is 11.2. The summed E-state index contributed by atoms with van der Waals surface area (Å²) in [7, 11) is 0. The van der Waals surface area contributed by atoms with Gasteiger partial charge in [-0.1, -0.05) is 32.8 Å². The monoisotopic (exact) mass is 224 g/mol. The maximum Gasteiger partial charge on any atom is 0.333 e. The number of carbonyl (C=O) groups excluding carboxylic acids is 1. The van der Waals surface area contributed by atoms with Gasteiger partial charge in [0, 0.05) is 5.57 Å². The molecule has 0 aromatic carbocycles. The number of allylic oxidation sites excluding steroid dienone is 1. The van der Waals surface area contributed by atoms with Crippen molar-refractivity contribution in [2.45, 2.75) is 53.9 Å². The van der Waals surface area contributed by atoms with Crippen molar-refractivity contribution in [2.75, 3.05) is 6.61 Å². The lowest BCUT2D eigenvalue weighted by atomic mass is 9.67. The van der Waals surface area contributed by atoms with Crippen molar-refractivity contribution in [1.82, 2.24) is 0 Å². The van der Waals surface area contributed by atoms with E-state index in [9.17, 15) is 4.79 Å². The zero-order valence-corrected chi connectivity index (χ0v) is 11.2. The Bertz CT molecular complexity index is 300. The van der Waals surface area contributed by atoms with E-state index in [2.05, 4.69) is 20.8 Å². The normalized spacial score (nSPS) is 27.4. The summed E-state index contributed by atoms with van der Waals surface area (Å²) < 4.78 is 5.10.